The molecule has 0 saturated heterocycles. The fraction of sp³-hybridized carbons (Fsp3) is 0.222. The molecule has 0 N–H and O–H groups in total. The second-order valence-electron chi connectivity index (χ2n) is 4.63. The predicted octanol–water partition coefficient (Wildman–Crippen LogP) is 3.88. The molecule has 20 heavy (non-hydrogen) atoms. The van der Waals surface area contributed by atoms with Crippen LogP contribution in [0.1, 0.15) is 5.56 Å². The maximum atomic E-state index is 5.56. The molecule has 0 aliphatic heterocycles. The third-order valence-electron chi connectivity index (χ3n) is 2.84. The quantitative estimate of drug-likeness (QED) is 0.534. The molecule has 0 amide bonds. The number of benzene rings is 2. The zero-order valence-corrected chi connectivity index (χ0v) is 11.6. The summed E-state index contributed by atoms with van der Waals surface area (Å²) in [6.45, 7) is 5.75. The van der Waals surface area contributed by atoms with Gasteiger partial charge in [0.05, 0.1) is 13.2 Å². The van der Waals surface area contributed by atoms with Crippen molar-refractivity contribution in [2.75, 3.05) is 19.8 Å². The first kappa shape index (κ1) is 14.4. The van der Waals surface area contributed by atoms with Gasteiger partial charge in [0.1, 0.15) is 12.4 Å². The summed E-state index contributed by atoms with van der Waals surface area (Å²) >= 11 is 0. The Balaban J connectivity index is 1.58. The standard InChI is InChI=1S/C18H20O2/c1-16(14-17-8-4-2-5-9-17)15-19-12-13-20-18-10-6-3-7-11-18/h2-11H,1,12-15H2. The Morgan fingerprint density at radius 2 is 1.50 bits per heavy atom. The molecular weight excluding hydrogens is 248 g/mol. The Morgan fingerprint density at radius 1 is 0.850 bits per heavy atom. The molecule has 2 aromatic carbocycles. The van der Waals surface area contributed by atoms with E-state index in [1.165, 1.54) is 5.56 Å². The highest BCUT2D eigenvalue weighted by Crippen LogP contribution is 2.08. The Hall–Kier alpha value is -2.06. The van der Waals surface area contributed by atoms with Crippen LogP contribution in [-0.4, -0.2) is 19.8 Å². The molecule has 104 valence electrons. The lowest BCUT2D eigenvalue weighted by molar-refractivity contribution is 0.116. The molecule has 2 nitrogen and oxygen atoms in total. The van der Waals surface area contributed by atoms with E-state index in [0.29, 0.717) is 19.8 Å². The highest BCUT2D eigenvalue weighted by molar-refractivity contribution is 5.21. The molecule has 2 heteroatoms. The molecule has 0 saturated carbocycles. The van der Waals surface area contributed by atoms with Crippen LogP contribution in [0.3, 0.4) is 0 Å². The monoisotopic (exact) mass is 268 g/mol. The summed E-state index contributed by atoms with van der Waals surface area (Å²) in [6.07, 6.45) is 0.861. The van der Waals surface area contributed by atoms with Crippen LogP contribution in [0.15, 0.2) is 72.8 Å². The zero-order chi connectivity index (χ0) is 14.0. The van der Waals surface area contributed by atoms with E-state index in [0.717, 1.165) is 17.7 Å². The van der Waals surface area contributed by atoms with Crippen LogP contribution in [0.25, 0.3) is 0 Å². The van der Waals surface area contributed by atoms with Crippen molar-refractivity contribution in [1.29, 1.82) is 0 Å². The third kappa shape index (κ3) is 5.29. The second-order valence-corrected chi connectivity index (χ2v) is 4.63. The first-order valence-electron chi connectivity index (χ1n) is 6.81. The highest BCUT2D eigenvalue weighted by atomic mass is 16.5. The van der Waals surface area contributed by atoms with E-state index in [4.69, 9.17) is 9.47 Å². The summed E-state index contributed by atoms with van der Waals surface area (Å²) < 4.78 is 11.1. The van der Waals surface area contributed by atoms with Gasteiger partial charge in [0.25, 0.3) is 0 Å². The van der Waals surface area contributed by atoms with Crippen molar-refractivity contribution < 1.29 is 9.47 Å². The Morgan fingerprint density at radius 3 is 2.20 bits per heavy atom. The molecule has 0 fully saturated rings. The number of para-hydroxylation sites is 1. The average molecular weight is 268 g/mol. The van der Waals surface area contributed by atoms with Crippen molar-refractivity contribution in [1.82, 2.24) is 0 Å². The van der Waals surface area contributed by atoms with Gasteiger partial charge in [0, 0.05) is 0 Å². The van der Waals surface area contributed by atoms with E-state index in [9.17, 15) is 0 Å². The second kappa shape index (κ2) is 8.18. The molecule has 0 aliphatic rings. The SMILES string of the molecule is C=C(COCCOc1ccccc1)Cc1ccccc1. The van der Waals surface area contributed by atoms with Gasteiger partial charge in [-0.3, -0.25) is 0 Å². The minimum absolute atomic E-state index is 0.558. The van der Waals surface area contributed by atoms with Crippen LogP contribution in [0.4, 0.5) is 0 Å². The smallest absolute Gasteiger partial charge is 0.119 e. The number of hydrogen-bond donors (Lipinski definition) is 0. The van der Waals surface area contributed by atoms with Crippen molar-refractivity contribution in [3.05, 3.63) is 78.4 Å². The van der Waals surface area contributed by atoms with Crippen molar-refractivity contribution in [2.24, 2.45) is 0 Å². The molecule has 2 rings (SSSR count). The Bertz CT molecular complexity index is 505. The predicted molar refractivity (Wildman–Crippen MR) is 82.0 cm³/mol. The van der Waals surface area contributed by atoms with Gasteiger partial charge in [-0.15, -0.1) is 0 Å². The first-order valence-corrected chi connectivity index (χ1v) is 6.81. The molecule has 0 aliphatic carbocycles. The lowest BCUT2D eigenvalue weighted by Gasteiger charge is -2.09. The molecule has 0 heterocycles. The van der Waals surface area contributed by atoms with Gasteiger partial charge in [0.15, 0.2) is 0 Å². The molecular formula is C18H20O2. The summed E-state index contributed by atoms with van der Waals surface area (Å²) in [4.78, 5) is 0. The molecule has 0 atom stereocenters. The van der Waals surface area contributed by atoms with Crippen molar-refractivity contribution >= 4 is 0 Å². The maximum Gasteiger partial charge on any atom is 0.119 e. The van der Waals surface area contributed by atoms with E-state index in [1.807, 2.05) is 48.5 Å². The van der Waals surface area contributed by atoms with Crippen molar-refractivity contribution in [3.8, 4) is 5.75 Å². The van der Waals surface area contributed by atoms with Crippen molar-refractivity contribution in [2.45, 2.75) is 6.42 Å². The van der Waals surface area contributed by atoms with E-state index < -0.39 is 0 Å². The van der Waals surface area contributed by atoms with Crippen LogP contribution in [0, 0.1) is 0 Å². The van der Waals surface area contributed by atoms with Gasteiger partial charge >= 0.3 is 0 Å². The van der Waals surface area contributed by atoms with E-state index in [-0.39, 0.29) is 0 Å². The lowest BCUT2D eigenvalue weighted by atomic mass is 10.1. The molecule has 0 unspecified atom stereocenters. The number of rotatable bonds is 8. The van der Waals surface area contributed by atoms with Crippen LogP contribution in [0.5, 0.6) is 5.75 Å². The minimum Gasteiger partial charge on any atom is -0.491 e. The molecule has 0 aromatic heterocycles. The van der Waals surface area contributed by atoms with Crippen LogP contribution in [0.2, 0.25) is 0 Å². The minimum atomic E-state index is 0.558. The van der Waals surface area contributed by atoms with E-state index in [1.54, 1.807) is 0 Å². The summed E-state index contributed by atoms with van der Waals surface area (Å²) in [5, 5.41) is 0. The summed E-state index contributed by atoms with van der Waals surface area (Å²) in [6, 6.07) is 20.1. The summed E-state index contributed by atoms with van der Waals surface area (Å²) in [5.41, 5.74) is 2.34. The maximum absolute atomic E-state index is 5.56. The molecule has 0 spiro atoms. The van der Waals surface area contributed by atoms with E-state index in [2.05, 4.69) is 18.7 Å². The zero-order valence-electron chi connectivity index (χ0n) is 11.6. The largest absolute Gasteiger partial charge is 0.491 e. The average Bonchev–Trinajstić information content (AvgIpc) is 2.49. The fourth-order valence-corrected chi connectivity index (χ4v) is 1.89. The van der Waals surface area contributed by atoms with Gasteiger partial charge in [-0.1, -0.05) is 55.1 Å². The lowest BCUT2D eigenvalue weighted by Crippen LogP contribution is -2.09. The van der Waals surface area contributed by atoms with Gasteiger partial charge in [0.2, 0.25) is 0 Å². The fourth-order valence-electron chi connectivity index (χ4n) is 1.89. The van der Waals surface area contributed by atoms with Gasteiger partial charge in [-0.25, -0.2) is 0 Å². The van der Waals surface area contributed by atoms with Crippen LogP contribution >= 0.6 is 0 Å². The Kier molecular flexibility index (Phi) is 5.87. The molecule has 2 aromatic rings. The Labute approximate surface area is 120 Å². The molecule has 0 bridgehead atoms. The topological polar surface area (TPSA) is 18.5 Å². The number of ether oxygens (including phenoxy) is 2. The van der Waals surface area contributed by atoms with Gasteiger partial charge in [-0.2, -0.15) is 0 Å². The number of hydrogen-bond acceptors (Lipinski definition) is 2. The summed E-state index contributed by atoms with van der Waals surface area (Å²) in [7, 11) is 0. The van der Waals surface area contributed by atoms with E-state index >= 15 is 0 Å². The summed E-state index contributed by atoms with van der Waals surface area (Å²) in [5.74, 6) is 0.874. The highest BCUT2D eigenvalue weighted by Gasteiger charge is 1.98. The third-order valence-corrected chi connectivity index (χ3v) is 2.84. The van der Waals surface area contributed by atoms with Crippen molar-refractivity contribution in [3.63, 3.8) is 0 Å². The van der Waals surface area contributed by atoms with Crippen LogP contribution in [-0.2, 0) is 11.2 Å². The van der Waals surface area contributed by atoms with Gasteiger partial charge < -0.3 is 9.47 Å². The first-order chi connectivity index (χ1) is 9.84. The normalized spacial score (nSPS) is 10.2. The molecule has 0 radical (unpaired) electrons. The van der Waals surface area contributed by atoms with Crippen LogP contribution < -0.4 is 4.74 Å². The van der Waals surface area contributed by atoms with Gasteiger partial charge in [-0.05, 0) is 29.7 Å².